The fraction of sp³-hybridized carbons (Fsp3) is 0.462. The summed E-state index contributed by atoms with van der Waals surface area (Å²) < 4.78 is 12.6. The molecule has 3 heterocycles. The molecular weight excluding hydrogens is 244 g/mol. The number of aromatic nitrogens is 3. The summed E-state index contributed by atoms with van der Waals surface area (Å²) in [7, 11) is 0. The SMILES string of the molecule is Cc1cnc2c(=N)n(CC3OCCO3)c(C)nc2c1. The van der Waals surface area contributed by atoms with Gasteiger partial charge in [-0.25, -0.2) is 4.98 Å². The van der Waals surface area contributed by atoms with Crippen LogP contribution in [0.25, 0.3) is 11.0 Å². The molecule has 19 heavy (non-hydrogen) atoms. The summed E-state index contributed by atoms with van der Waals surface area (Å²) in [5.41, 5.74) is 2.75. The number of hydrogen-bond donors (Lipinski definition) is 1. The van der Waals surface area contributed by atoms with E-state index in [1.54, 1.807) is 10.8 Å². The van der Waals surface area contributed by atoms with Gasteiger partial charge >= 0.3 is 0 Å². The molecule has 2 aromatic heterocycles. The molecule has 0 spiro atoms. The van der Waals surface area contributed by atoms with E-state index < -0.39 is 0 Å². The molecule has 0 aromatic carbocycles. The molecule has 0 radical (unpaired) electrons. The minimum absolute atomic E-state index is 0.294. The number of fused-ring (bicyclic) bond motifs is 1. The van der Waals surface area contributed by atoms with Gasteiger partial charge in [0.1, 0.15) is 11.3 Å². The quantitative estimate of drug-likeness (QED) is 0.870. The number of nitrogens with zero attached hydrogens (tertiary/aromatic N) is 3. The normalized spacial score (nSPS) is 16.3. The molecule has 6 nitrogen and oxygen atoms in total. The fourth-order valence-electron chi connectivity index (χ4n) is 2.23. The van der Waals surface area contributed by atoms with E-state index in [0.29, 0.717) is 30.8 Å². The highest BCUT2D eigenvalue weighted by Gasteiger charge is 2.18. The Morgan fingerprint density at radius 1 is 1.37 bits per heavy atom. The highest BCUT2D eigenvalue weighted by Crippen LogP contribution is 2.10. The van der Waals surface area contributed by atoms with Crippen LogP contribution in [0.1, 0.15) is 11.4 Å². The highest BCUT2D eigenvalue weighted by atomic mass is 16.7. The summed E-state index contributed by atoms with van der Waals surface area (Å²) in [6.45, 7) is 5.54. The van der Waals surface area contributed by atoms with Crippen molar-refractivity contribution in [1.82, 2.24) is 14.5 Å². The summed E-state index contributed by atoms with van der Waals surface area (Å²) in [5.74, 6) is 0.768. The van der Waals surface area contributed by atoms with Crippen molar-refractivity contribution in [1.29, 1.82) is 5.41 Å². The zero-order valence-electron chi connectivity index (χ0n) is 11.0. The minimum atomic E-state index is -0.294. The van der Waals surface area contributed by atoms with E-state index in [2.05, 4.69) is 9.97 Å². The Bertz CT molecular complexity index is 674. The van der Waals surface area contributed by atoms with Crippen molar-refractivity contribution in [3.63, 3.8) is 0 Å². The van der Waals surface area contributed by atoms with E-state index in [1.807, 2.05) is 19.9 Å². The summed E-state index contributed by atoms with van der Waals surface area (Å²) in [6.07, 6.45) is 1.46. The summed E-state index contributed by atoms with van der Waals surface area (Å²) in [6, 6.07) is 1.94. The van der Waals surface area contributed by atoms with E-state index in [1.165, 1.54) is 0 Å². The molecule has 1 aliphatic rings. The average Bonchev–Trinajstić information content (AvgIpc) is 2.87. The van der Waals surface area contributed by atoms with Crippen molar-refractivity contribution in [2.24, 2.45) is 0 Å². The van der Waals surface area contributed by atoms with Gasteiger partial charge in [0.05, 0.1) is 25.3 Å². The standard InChI is InChI=1S/C13H16N4O2/c1-8-5-10-12(15-6-8)13(14)17(9(2)16-10)7-11-18-3-4-19-11/h5-6,11,14H,3-4,7H2,1-2H3. The van der Waals surface area contributed by atoms with Crippen molar-refractivity contribution >= 4 is 11.0 Å². The van der Waals surface area contributed by atoms with Gasteiger partial charge in [0.25, 0.3) is 0 Å². The Kier molecular flexibility index (Phi) is 3.04. The Labute approximate surface area is 110 Å². The second kappa shape index (κ2) is 4.71. The Balaban J connectivity index is 2.09. The molecular formula is C13H16N4O2. The Morgan fingerprint density at radius 3 is 2.84 bits per heavy atom. The molecule has 3 rings (SSSR count). The first kappa shape index (κ1) is 12.3. The van der Waals surface area contributed by atoms with Crippen molar-refractivity contribution in [3.8, 4) is 0 Å². The second-order valence-electron chi connectivity index (χ2n) is 4.67. The largest absolute Gasteiger partial charge is 0.348 e. The Morgan fingerprint density at radius 2 is 2.11 bits per heavy atom. The van der Waals surface area contributed by atoms with Crippen LogP contribution < -0.4 is 5.49 Å². The monoisotopic (exact) mass is 260 g/mol. The van der Waals surface area contributed by atoms with Crippen LogP contribution in [0.2, 0.25) is 0 Å². The van der Waals surface area contributed by atoms with Crippen molar-refractivity contribution in [2.75, 3.05) is 13.2 Å². The van der Waals surface area contributed by atoms with Crippen LogP contribution in [0.15, 0.2) is 12.3 Å². The number of pyridine rings is 1. The molecule has 1 saturated heterocycles. The molecule has 1 fully saturated rings. The van der Waals surface area contributed by atoms with E-state index in [0.717, 1.165) is 16.9 Å². The predicted molar refractivity (Wildman–Crippen MR) is 68.5 cm³/mol. The van der Waals surface area contributed by atoms with Crippen molar-refractivity contribution in [2.45, 2.75) is 26.7 Å². The second-order valence-corrected chi connectivity index (χ2v) is 4.67. The smallest absolute Gasteiger partial charge is 0.175 e. The highest BCUT2D eigenvalue weighted by molar-refractivity contribution is 5.72. The van der Waals surface area contributed by atoms with E-state index >= 15 is 0 Å². The predicted octanol–water partition coefficient (Wildman–Crippen LogP) is 0.901. The zero-order chi connectivity index (χ0) is 13.4. The van der Waals surface area contributed by atoms with Crippen LogP contribution in [-0.2, 0) is 16.0 Å². The van der Waals surface area contributed by atoms with Gasteiger partial charge in [0.2, 0.25) is 0 Å². The van der Waals surface area contributed by atoms with Gasteiger partial charge in [-0.15, -0.1) is 0 Å². The van der Waals surface area contributed by atoms with Crippen LogP contribution >= 0.6 is 0 Å². The lowest BCUT2D eigenvalue weighted by Gasteiger charge is -2.15. The third-order valence-electron chi connectivity index (χ3n) is 3.19. The first-order chi connectivity index (χ1) is 9.15. The van der Waals surface area contributed by atoms with Crippen molar-refractivity contribution < 1.29 is 9.47 Å². The number of hydrogen-bond acceptors (Lipinski definition) is 5. The molecule has 6 heteroatoms. The van der Waals surface area contributed by atoms with Crippen LogP contribution in [0.5, 0.6) is 0 Å². The van der Waals surface area contributed by atoms with E-state index in [9.17, 15) is 0 Å². The van der Waals surface area contributed by atoms with E-state index in [-0.39, 0.29) is 6.29 Å². The fourth-order valence-corrected chi connectivity index (χ4v) is 2.23. The minimum Gasteiger partial charge on any atom is -0.348 e. The maximum absolute atomic E-state index is 8.26. The lowest BCUT2D eigenvalue weighted by atomic mass is 10.2. The van der Waals surface area contributed by atoms with Crippen LogP contribution in [-0.4, -0.2) is 34.0 Å². The molecule has 0 bridgehead atoms. The van der Waals surface area contributed by atoms with E-state index in [4.69, 9.17) is 14.9 Å². The maximum Gasteiger partial charge on any atom is 0.175 e. The summed E-state index contributed by atoms with van der Waals surface area (Å²) in [4.78, 5) is 8.81. The first-order valence-electron chi connectivity index (χ1n) is 6.27. The number of nitrogens with one attached hydrogen (secondary N) is 1. The topological polar surface area (TPSA) is 73.0 Å². The summed E-state index contributed by atoms with van der Waals surface area (Å²) >= 11 is 0. The van der Waals surface area contributed by atoms with Gasteiger partial charge in [0.15, 0.2) is 11.8 Å². The maximum atomic E-state index is 8.26. The molecule has 0 unspecified atom stereocenters. The van der Waals surface area contributed by atoms with Gasteiger partial charge in [-0.3, -0.25) is 10.4 Å². The summed E-state index contributed by atoms with van der Waals surface area (Å²) in [5, 5.41) is 8.26. The van der Waals surface area contributed by atoms with Gasteiger partial charge in [-0.05, 0) is 25.5 Å². The molecule has 1 aliphatic heterocycles. The van der Waals surface area contributed by atoms with Crippen molar-refractivity contribution in [3.05, 3.63) is 29.1 Å². The number of aryl methyl sites for hydroxylation is 2. The molecule has 0 aliphatic carbocycles. The number of rotatable bonds is 2. The molecule has 1 N–H and O–H groups in total. The molecule has 0 saturated carbocycles. The molecule has 2 aromatic rings. The lowest BCUT2D eigenvalue weighted by Crippen LogP contribution is -2.30. The lowest BCUT2D eigenvalue weighted by molar-refractivity contribution is -0.0537. The third kappa shape index (κ3) is 2.24. The average molecular weight is 260 g/mol. The first-order valence-corrected chi connectivity index (χ1v) is 6.27. The Hall–Kier alpha value is -1.79. The van der Waals surface area contributed by atoms with Gasteiger partial charge < -0.3 is 14.0 Å². The molecule has 0 atom stereocenters. The van der Waals surface area contributed by atoms with Gasteiger partial charge in [0, 0.05) is 6.20 Å². The van der Waals surface area contributed by atoms with Gasteiger partial charge in [-0.2, -0.15) is 0 Å². The number of ether oxygens (including phenoxy) is 2. The van der Waals surface area contributed by atoms with Crippen LogP contribution in [0, 0.1) is 19.3 Å². The molecule has 100 valence electrons. The van der Waals surface area contributed by atoms with Crippen LogP contribution in [0.4, 0.5) is 0 Å². The molecule has 0 amide bonds. The third-order valence-corrected chi connectivity index (χ3v) is 3.19. The zero-order valence-corrected chi connectivity index (χ0v) is 11.0. The van der Waals surface area contributed by atoms with Crippen LogP contribution in [0.3, 0.4) is 0 Å². The van der Waals surface area contributed by atoms with Gasteiger partial charge in [-0.1, -0.05) is 0 Å².